The SMILES string of the molecule is CCOC(=O)C1C2COc3ccccc3C2N(C)C1C(=O)OCC. The van der Waals surface area contributed by atoms with Crippen LogP contribution >= 0.6 is 0 Å². The Bertz CT molecular complexity index is 632. The van der Waals surface area contributed by atoms with Crippen molar-refractivity contribution < 1.29 is 23.8 Å². The summed E-state index contributed by atoms with van der Waals surface area (Å²) in [5, 5.41) is 0. The lowest BCUT2D eigenvalue weighted by molar-refractivity contribution is -0.159. The zero-order chi connectivity index (χ0) is 17.3. The second kappa shape index (κ2) is 6.81. The maximum Gasteiger partial charge on any atom is 0.324 e. The molecule has 0 bridgehead atoms. The van der Waals surface area contributed by atoms with Gasteiger partial charge in [-0.1, -0.05) is 18.2 Å². The van der Waals surface area contributed by atoms with Crippen molar-refractivity contribution in [1.29, 1.82) is 0 Å². The van der Waals surface area contributed by atoms with Crippen molar-refractivity contribution in [1.82, 2.24) is 4.90 Å². The molecule has 6 nitrogen and oxygen atoms in total. The minimum absolute atomic E-state index is 0.0706. The third kappa shape index (κ3) is 2.65. The lowest BCUT2D eigenvalue weighted by Crippen LogP contribution is -2.42. The van der Waals surface area contributed by atoms with Crippen LogP contribution in [0.1, 0.15) is 25.5 Å². The van der Waals surface area contributed by atoms with Crippen LogP contribution in [0.15, 0.2) is 24.3 Å². The molecule has 1 saturated heterocycles. The molecule has 0 spiro atoms. The first-order chi connectivity index (χ1) is 11.6. The van der Waals surface area contributed by atoms with Crippen LogP contribution in [0, 0.1) is 11.8 Å². The van der Waals surface area contributed by atoms with E-state index in [1.165, 1.54) is 0 Å². The third-order valence-electron chi connectivity index (χ3n) is 4.84. The van der Waals surface area contributed by atoms with E-state index in [1.54, 1.807) is 13.8 Å². The van der Waals surface area contributed by atoms with Crippen molar-refractivity contribution in [3.8, 4) is 5.75 Å². The maximum atomic E-state index is 12.6. The molecule has 0 saturated carbocycles. The van der Waals surface area contributed by atoms with Crippen LogP contribution in [0.25, 0.3) is 0 Å². The van der Waals surface area contributed by atoms with Crippen molar-refractivity contribution in [3.05, 3.63) is 29.8 Å². The summed E-state index contributed by atoms with van der Waals surface area (Å²) in [6.45, 7) is 4.47. The van der Waals surface area contributed by atoms with Crippen LogP contribution in [0.3, 0.4) is 0 Å². The number of esters is 2. The van der Waals surface area contributed by atoms with Crippen molar-refractivity contribution >= 4 is 11.9 Å². The maximum absolute atomic E-state index is 12.6. The number of fused-ring (bicyclic) bond motifs is 3. The second-order valence-electron chi connectivity index (χ2n) is 6.10. The Kier molecular flexibility index (Phi) is 4.76. The molecule has 1 aromatic carbocycles. The van der Waals surface area contributed by atoms with Gasteiger partial charge in [0.1, 0.15) is 11.8 Å². The van der Waals surface area contributed by atoms with E-state index in [1.807, 2.05) is 36.2 Å². The number of hydrogen-bond donors (Lipinski definition) is 0. The molecule has 0 aliphatic carbocycles. The van der Waals surface area contributed by atoms with Crippen molar-refractivity contribution in [3.63, 3.8) is 0 Å². The average molecular weight is 333 g/mol. The third-order valence-corrected chi connectivity index (χ3v) is 4.84. The monoisotopic (exact) mass is 333 g/mol. The summed E-state index contributed by atoms with van der Waals surface area (Å²) < 4.78 is 16.3. The molecule has 0 amide bonds. The molecule has 1 aromatic rings. The molecule has 0 radical (unpaired) electrons. The molecule has 4 atom stereocenters. The number of carbonyl (C=O) groups is 2. The zero-order valence-corrected chi connectivity index (χ0v) is 14.2. The predicted octanol–water partition coefficient (Wildman–Crippen LogP) is 1.79. The lowest BCUT2D eigenvalue weighted by Gasteiger charge is -2.32. The molecule has 130 valence electrons. The van der Waals surface area contributed by atoms with Crippen LogP contribution in [0.2, 0.25) is 0 Å². The van der Waals surface area contributed by atoms with E-state index >= 15 is 0 Å². The average Bonchev–Trinajstić information content (AvgIpc) is 2.88. The Balaban J connectivity index is 2.00. The van der Waals surface area contributed by atoms with Crippen LogP contribution in [-0.2, 0) is 19.1 Å². The van der Waals surface area contributed by atoms with Gasteiger partial charge in [0.2, 0.25) is 0 Å². The van der Waals surface area contributed by atoms with Crippen LogP contribution in [0.5, 0.6) is 5.75 Å². The summed E-state index contributed by atoms with van der Waals surface area (Å²) in [6.07, 6.45) is 0. The van der Waals surface area contributed by atoms with Crippen molar-refractivity contribution in [2.75, 3.05) is 26.9 Å². The Labute approximate surface area is 141 Å². The Morgan fingerprint density at radius 2 is 1.83 bits per heavy atom. The molecule has 4 unspecified atom stereocenters. The van der Waals surface area contributed by atoms with E-state index < -0.39 is 12.0 Å². The fourth-order valence-corrected chi connectivity index (χ4v) is 3.93. The normalized spacial score (nSPS) is 28.5. The van der Waals surface area contributed by atoms with Gasteiger partial charge in [-0.15, -0.1) is 0 Å². The molecular formula is C18H23NO5. The Morgan fingerprint density at radius 1 is 1.17 bits per heavy atom. The summed E-state index contributed by atoms with van der Waals surface area (Å²) >= 11 is 0. The van der Waals surface area contributed by atoms with E-state index in [-0.39, 0.29) is 37.1 Å². The summed E-state index contributed by atoms with van der Waals surface area (Å²) in [4.78, 5) is 27.0. The minimum Gasteiger partial charge on any atom is -0.493 e. The van der Waals surface area contributed by atoms with Gasteiger partial charge in [-0.25, -0.2) is 0 Å². The van der Waals surface area contributed by atoms with E-state index in [2.05, 4.69) is 0 Å². The van der Waals surface area contributed by atoms with E-state index in [4.69, 9.17) is 14.2 Å². The van der Waals surface area contributed by atoms with Crippen molar-refractivity contribution in [2.24, 2.45) is 11.8 Å². The van der Waals surface area contributed by atoms with Gasteiger partial charge in [0.25, 0.3) is 0 Å². The van der Waals surface area contributed by atoms with Gasteiger partial charge in [0, 0.05) is 17.5 Å². The van der Waals surface area contributed by atoms with Crippen LogP contribution < -0.4 is 4.74 Å². The summed E-state index contributed by atoms with van der Waals surface area (Å²) in [7, 11) is 1.86. The number of carbonyl (C=O) groups excluding carboxylic acids is 2. The first kappa shape index (κ1) is 16.8. The molecule has 0 aromatic heterocycles. The standard InChI is InChI=1S/C18H23NO5/c1-4-22-17(20)14-12-10-24-13-9-7-6-8-11(13)15(12)19(3)16(14)18(21)23-5-2/h6-9,12,14-16H,4-5,10H2,1-3H3. The fraction of sp³-hybridized carbons (Fsp3) is 0.556. The molecule has 6 heteroatoms. The summed E-state index contributed by atoms with van der Waals surface area (Å²) in [5.74, 6) is -0.675. The molecule has 0 N–H and O–H groups in total. The molecule has 3 rings (SSSR count). The number of rotatable bonds is 4. The van der Waals surface area contributed by atoms with E-state index in [0.717, 1.165) is 11.3 Å². The smallest absolute Gasteiger partial charge is 0.324 e. The Morgan fingerprint density at radius 3 is 2.54 bits per heavy atom. The number of benzene rings is 1. The highest BCUT2D eigenvalue weighted by Crippen LogP contribution is 2.49. The quantitative estimate of drug-likeness (QED) is 0.783. The number of likely N-dealkylation sites (N-methyl/N-ethyl adjacent to an activating group) is 1. The first-order valence-electron chi connectivity index (χ1n) is 8.37. The van der Waals surface area contributed by atoms with Crippen LogP contribution in [0.4, 0.5) is 0 Å². The largest absolute Gasteiger partial charge is 0.493 e. The highest BCUT2D eigenvalue weighted by Gasteiger charge is 2.57. The first-order valence-corrected chi connectivity index (χ1v) is 8.37. The molecule has 24 heavy (non-hydrogen) atoms. The van der Waals surface area contributed by atoms with Gasteiger partial charge in [-0.3, -0.25) is 14.5 Å². The predicted molar refractivity (Wildman–Crippen MR) is 86.5 cm³/mol. The number of nitrogens with zero attached hydrogens (tertiary/aromatic N) is 1. The van der Waals surface area contributed by atoms with Crippen LogP contribution in [-0.4, -0.2) is 49.7 Å². The Hall–Kier alpha value is -2.08. The van der Waals surface area contributed by atoms with E-state index in [0.29, 0.717) is 6.61 Å². The summed E-state index contributed by atoms with van der Waals surface area (Å²) in [6, 6.07) is 7.02. The number of ether oxygens (including phenoxy) is 3. The number of hydrogen-bond acceptors (Lipinski definition) is 6. The number of likely N-dealkylation sites (tertiary alicyclic amines) is 1. The van der Waals surface area contributed by atoms with Gasteiger partial charge < -0.3 is 14.2 Å². The van der Waals surface area contributed by atoms with E-state index in [9.17, 15) is 9.59 Å². The summed E-state index contributed by atoms with van der Waals surface area (Å²) in [5.41, 5.74) is 0.998. The molecule has 1 fully saturated rings. The molecular weight excluding hydrogens is 310 g/mol. The van der Waals surface area contributed by atoms with Gasteiger partial charge in [-0.2, -0.15) is 0 Å². The zero-order valence-electron chi connectivity index (χ0n) is 14.2. The molecule has 2 aliphatic rings. The highest BCUT2D eigenvalue weighted by atomic mass is 16.5. The van der Waals surface area contributed by atoms with Gasteiger partial charge in [-0.05, 0) is 27.0 Å². The second-order valence-corrected chi connectivity index (χ2v) is 6.10. The lowest BCUT2D eigenvalue weighted by atomic mass is 9.83. The topological polar surface area (TPSA) is 65.1 Å². The van der Waals surface area contributed by atoms with Gasteiger partial charge >= 0.3 is 11.9 Å². The van der Waals surface area contributed by atoms with Crippen molar-refractivity contribution in [2.45, 2.75) is 25.9 Å². The van der Waals surface area contributed by atoms with Gasteiger partial charge in [0.15, 0.2) is 0 Å². The molecule has 2 heterocycles. The molecule has 2 aliphatic heterocycles. The van der Waals surface area contributed by atoms with Gasteiger partial charge in [0.05, 0.1) is 25.7 Å². The number of para-hydroxylation sites is 1. The fourth-order valence-electron chi connectivity index (χ4n) is 3.93. The highest BCUT2D eigenvalue weighted by molar-refractivity contribution is 5.86. The minimum atomic E-state index is -0.659.